The Morgan fingerprint density at radius 3 is 2.62 bits per heavy atom. The van der Waals surface area contributed by atoms with E-state index in [1.165, 1.54) is 7.11 Å². The summed E-state index contributed by atoms with van der Waals surface area (Å²) in [5, 5.41) is 3.00. The van der Waals surface area contributed by atoms with Crippen molar-refractivity contribution in [3.05, 3.63) is 57.5 Å². The molecule has 0 bridgehead atoms. The highest BCUT2D eigenvalue weighted by atomic mass is 16.5. The smallest absolute Gasteiger partial charge is 0.244 e. The summed E-state index contributed by atoms with van der Waals surface area (Å²) in [6.45, 7) is 9.05. The molecule has 1 saturated heterocycles. The Balaban J connectivity index is 1.79. The number of carbonyl (C=O) groups excluding carboxylic acids is 1. The average molecular weight is 398 g/mol. The maximum Gasteiger partial charge on any atom is 0.244 e. The highest BCUT2D eigenvalue weighted by Crippen LogP contribution is 2.19. The van der Waals surface area contributed by atoms with E-state index >= 15 is 0 Å². The SMILES string of the molecule is COc1cn(CC(=O)Nc2cc(C)ccc2C)c(CN2CCC(C)CC2)cc1=O. The fraction of sp³-hybridized carbons (Fsp3) is 0.478. The molecule has 0 aliphatic carbocycles. The fourth-order valence-electron chi connectivity index (χ4n) is 3.69. The molecular formula is C23H31N3O3. The second kappa shape index (κ2) is 9.27. The van der Waals surface area contributed by atoms with E-state index in [0.717, 1.165) is 54.4 Å². The van der Waals surface area contributed by atoms with Gasteiger partial charge in [-0.15, -0.1) is 0 Å². The molecule has 0 atom stereocenters. The van der Waals surface area contributed by atoms with Crippen molar-refractivity contribution in [3.63, 3.8) is 0 Å². The summed E-state index contributed by atoms with van der Waals surface area (Å²) in [6, 6.07) is 7.59. The molecule has 3 rings (SSSR count). The molecule has 29 heavy (non-hydrogen) atoms. The van der Waals surface area contributed by atoms with E-state index in [2.05, 4.69) is 17.1 Å². The van der Waals surface area contributed by atoms with Crippen LogP contribution in [0.5, 0.6) is 5.75 Å². The third kappa shape index (κ3) is 5.48. The lowest BCUT2D eigenvalue weighted by Crippen LogP contribution is -2.34. The number of nitrogens with one attached hydrogen (secondary N) is 1. The molecule has 0 saturated carbocycles. The van der Waals surface area contributed by atoms with Crippen LogP contribution >= 0.6 is 0 Å². The standard InChI is InChI=1S/C23H31N3O3/c1-16-7-9-25(10-8-16)13-19-12-21(27)22(29-4)14-26(19)15-23(28)24-20-11-17(2)5-6-18(20)3/h5-6,11-12,14,16H,7-10,13,15H2,1-4H3,(H,24,28). The van der Waals surface area contributed by atoms with Crippen LogP contribution in [0.2, 0.25) is 0 Å². The van der Waals surface area contributed by atoms with E-state index in [-0.39, 0.29) is 23.6 Å². The highest BCUT2D eigenvalue weighted by molar-refractivity contribution is 5.91. The minimum absolute atomic E-state index is 0.127. The summed E-state index contributed by atoms with van der Waals surface area (Å²) in [5.74, 6) is 0.867. The number of anilines is 1. The van der Waals surface area contributed by atoms with Gasteiger partial charge >= 0.3 is 0 Å². The summed E-state index contributed by atoms with van der Waals surface area (Å²) in [7, 11) is 1.48. The van der Waals surface area contributed by atoms with Crippen LogP contribution in [-0.2, 0) is 17.9 Å². The average Bonchev–Trinajstić information content (AvgIpc) is 2.68. The molecule has 2 heterocycles. The number of ether oxygens (including phenoxy) is 1. The van der Waals surface area contributed by atoms with Gasteiger partial charge in [0.15, 0.2) is 5.75 Å². The lowest BCUT2D eigenvalue weighted by Gasteiger charge is -2.31. The van der Waals surface area contributed by atoms with Crippen molar-refractivity contribution in [1.29, 1.82) is 0 Å². The first-order valence-electron chi connectivity index (χ1n) is 10.2. The molecular weight excluding hydrogens is 366 g/mol. The van der Waals surface area contributed by atoms with Gasteiger partial charge in [0.2, 0.25) is 11.3 Å². The van der Waals surface area contributed by atoms with Crippen LogP contribution in [0.3, 0.4) is 0 Å². The van der Waals surface area contributed by atoms with Gasteiger partial charge in [-0.2, -0.15) is 0 Å². The van der Waals surface area contributed by atoms with Crippen molar-refractivity contribution in [2.24, 2.45) is 5.92 Å². The molecule has 1 aliphatic heterocycles. The second-order valence-corrected chi connectivity index (χ2v) is 8.15. The lowest BCUT2D eigenvalue weighted by atomic mass is 9.99. The van der Waals surface area contributed by atoms with Crippen LogP contribution in [0, 0.1) is 19.8 Å². The Morgan fingerprint density at radius 2 is 1.93 bits per heavy atom. The maximum absolute atomic E-state index is 12.8. The topological polar surface area (TPSA) is 63.6 Å². The number of carbonyl (C=O) groups is 1. The van der Waals surface area contributed by atoms with E-state index < -0.39 is 0 Å². The van der Waals surface area contributed by atoms with Gasteiger partial charge in [0.25, 0.3) is 0 Å². The van der Waals surface area contributed by atoms with Crippen molar-refractivity contribution in [2.75, 3.05) is 25.5 Å². The van der Waals surface area contributed by atoms with Gasteiger partial charge in [-0.1, -0.05) is 19.1 Å². The number of hydrogen-bond acceptors (Lipinski definition) is 4. The van der Waals surface area contributed by atoms with Crippen molar-refractivity contribution in [2.45, 2.75) is 46.7 Å². The van der Waals surface area contributed by atoms with Gasteiger partial charge in [0, 0.05) is 24.0 Å². The number of aromatic nitrogens is 1. The highest BCUT2D eigenvalue weighted by Gasteiger charge is 2.18. The molecule has 0 radical (unpaired) electrons. The summed E-state index contributed by atoms with van der Waals surface area (Å²) in [4.78, 5) is 27.4. The first kappa shape index (κ1) is 21.1. The first-order chi connectivity index (χ1) is 13.9. The summed E-state index contributed by atoms with van der Waals surface area (Å²) in [5.41, 5.74) is 3.61. The van der Waals surface area contributed by atoms with Gasteiger partial charge in [-0.05, 0) is 62.9 Å². The number of piperidine rings is 1. The van der Waals surface area contributed by atoms with Gasteiger partial charge in [0.1, 0.15) is 6.54 Å². The number of pyridine rings is 1. The van der Waals surface area contributed by atoms with Gasteiger partial charge in [0.05, 0.1) is 13.3 Å². The Hall–Kier alpha value is -2.60. The number of nitrogens with zero attached hydrogens (tertiary/aromatic N) is 2. The predicted octanol–water partition coefficient (Wildman–Crippen LogP) is 3.34. The molecule has 0 spiro atoms. The Labute approximate surface area is 172 Å². The third-order valence-corrected chi connectivity index (χ3v) is 5.65. The van der Waals surface area contributed by atoms with Crippen LogP contribution in [0.4, 0.5) is 5.69 Å². The Kier molecular flexibility index (Phi) is 6.75. The van der Waals surface area contributed by atoms with E-state index in [0.29, 0.717) is 6.54 Å². The molecule has 0 unspecified atom stereocenters. The van der Waals surface area contributed by atoms with Gasteiger partial charge in [-0.3, -0.25) is 14.5 Å². The van der Waals surface area contributed by atoms with Crippen LogP contribution in [0.25, 0.3) is 0 Å². The molecule has 156 valence electrons. The van der Waals surface area contributed by atoms with E-state index in [1.54, 1.807) is 12.3 Å². The van der Waals surface area contributed by atoms with E-state index in [9.17, 15) is 9.59 Å². The van der Waals surface area contributed by atoms with Crippen molar-refractivity contribution in [3.8, 4) is 5.75 Å². The lowest BCUT2D eigenvalue weighted by molar-refractivity contribution is -0.116. The molecule has 1 N–H and O–H groups in total. The van der Waals surface area contributed by atoms with Crippen LogP contribution in [0.15, 0.2) is 35.3 Å². The molecule has 6 heteroatoms. The van der Waals surface area contributed by atoms with Crippen LogP contribution in [-0.4, -0.2) is 35.6 Å². The maximum atomic E-state index is 12.8. The third-order valence-electron chi connectivity index (χ3n) is 5.65. The quantitative estimate of drug-likeness (QED) is 0.812. The van der Waals surface area contributed by atoms with Gasteiger partial charge in [-0.25, -0.2) is 0 Å². The zero-order chi connectivity index (χ0) is 21.0. The number of aryl methyl sites for hydroxylation is 2. The fourth-order valence-corrected chi connectivity index (χ4v) is 3.69. The van der Waals surface area contributed by atoms with Crippen molar-refractivity contribution in [1.82, 2.24) is 9.47 Å². The molecule has 1 aliphatic rings. The van der Waals surface area contributed by atoms with E-state index in [4.69, 9.17) is 4.74 Å². The minimum Gasteiger partial charge on any atom is -0.491 e. The van der Waals surface area contributed by atoms with E-state index in [1.807, 2.05) is 36.6 Å². The monoisotopic (exact) mass is 397 g/mol. The normalized spacial score (nSPS) is 15.3. The summed E-state index contributed by atoms with van der Waals surface area (Å²) in [6.07, 6.45) is 3.97. The molecule has 6 nitrogen and oxygen atoms in total. The Bertz CT molecular complexity index is 927. The second-order valence-electron chi connectivity index (χ2n) is 8.15. The zero-order valence-corrected chi connectivity index (χ0v) is 17.8. The molecule has 2 aromatic rings. The molecule has 1 aromatic carbocycles. The first-order valence-corrected chi connectivity index (χ1v) is 10.2. The number of rotatable bonds is 6. The van der Waals surface area contributed by atoms with Gasteiger partial charge < -0.3 is 14.6 Å². The minimum atomic E-state index is -0.154. The number of likely N-dealkylation sites (tertiary alicyclic amines) is 1. The van der Waals surface area contributed by atoms with Crippen LogP contribution < -0.4 is 15.5 Å². The summed E-state index contributed by atoms with van der Waals surface area (Å²) < 4.78 is 7.03. The zero-order valence-electron chi connectivity index (χ0n) is 17.8. The Morgan fingerprint density at radius 1 is 1.21 bits per heavy atom. The molecule has 1 fully saturated rings. The summed E-state index contributed by atoms with van der Waals surface area (Å²) >= 11 is 0. The molecule has 1 aromatic heterocycles. The van der Waals surface area contributed by atoms with Crippen LogP contribution in [0.1, 0.15) is 36.6 Å². The van der Waals surface area contributed by atoms with Crippen molar-refractivity contribution >= 4 is 11.6 Å². The predicted molar refractivity (Wildman–Crippen MR) is 115 cm³/mol. The number of methoxy groups -OCH3 is 1. The van der Waals surface area contributed by atoms with Crippen molar-refractivity contribution < 1.29 is 9.53 Å². The number of amides is 1. The number of hydrogen-bond donors (Lipinski definition) is 1. The largest absolute Gasteiger partial charge is 0.491 e. The molecule has 1 amide bonds. The number of benzene rings is 1.